The molecule has 0 saturated carbocycles. The van der Waals surface area contributed by atoms with Crippen LogP contribution < -0.4 is 4.74 Å². The molecular formula is C13H15BrO5. The summed E-state index contributed by atoms with van der Waals surface area (Å²) < 4.78 is 10.9. The highest BCUT2D eigenvalue weighted by Crippen LogP contribution is 2.25. The van der Waals surface area contributed by atoms with Crippen molar-refractivity contribution in [2.75, 3.05) is 6.61 Å². The van der Waals surface area contributed by atoms with E-state index in [2.05, 4.69) is 15.9 Å². The number of esters is 1. The molecule has 0 bridgehead atoms. The number of rotatable bonds is 6. The number of carboxylic acid groups (broad SMARTS) is 1. The Morgan fingerprint density at radius 2 is 2.05 bits per heavy atom. The van der Waals surface area contributed by atoms with Crippen LogP contribution in [-0.2, 0) is 9.53 Å². The SMILES string of the molecule is CCOC(=O)C(CC)Oc1ccc(Br)cc1C(=O)O. The van der Waals surface area contributed by atoms with Crippen LogP contribution >= 0.6 is 15.9 Å². The first-order chi connectivity index (χ1) is 8.99. The summed E-state index contributed by atoms with van der Waals surface area (Å²) in [4.78, 5) is 22.7. The maximum Gasteiger partial charge on any atom is 0.347 e. The fourth-order valence-electron chi connectivity index (χ4n) is 1.46. The summed E-state index contributed by atoms with van der Waals surface area (Å²) in [5, 5.41) is 9.10. The van der Waals surface area contributed by atoms with Crippen molar-refractivity contribution in [3.63, 3.8) is 0 Å². The van der Waals surface area contributed by atoms with E-state index in [-0.39, 0.29) is 17.9 Å². The molecule has 1 aromatic rings. The van der Waals surface area contributed by atoms with Gasteiger partial charge in [0.15, 0.2) is 6.10 Å². The van der Waals surface area contributed by atoms with Gasteiger partial charge in [-0.2, -0.15) is 0 Å². The number of halogens is 1. The molecule has 0 heterocycles. The average molecular weight is 331 g/mol. The van der Waals surface area contributed by atoms with E-state index < -0.39 is 18.0 Å². The van der Waals surface area contributed by atoms with E-state index in [0.29, 0.717) is 10.9 Å². The van der Waals surface area contributed by atoms with Crippen LogP contribution in [0.2, 0.25) is 0 Å². The molecule has 0 aromatic heterocycles. The van der Waals surface area contributed by atoms with E-state index in [1.165, 1.54) is 12.1 Å². The van der Waals surface area contributed by atoms with Crippen molar-refractivity contribution in [3.05, 3.63) is 28.2 Å². The molecule has 0 aliphatic carbocycles. The summed E-state index contributed by atoms with van der Waals surface area (Å²) in [5.41, 5.74) is -0.00266. The molecule has 1 rings (SSSR count). The topological polar surface area (TPSA) is 72.8 Å². The quantitative estimate of drug-likeness (QED) is 0.812. The Morgan fingerprint density at radius 1 is 1.37 bits per heavy atom. The third-order valence-electron chi connectivity index (χ3n) is 2.36. The minimum atomic E-state index is -1.12. The Balaban J connectivity index is 2.97. The lowest BCUT2D eigenvalue weighted by atomic mass is 10.2. The number of benzene rings is 1. The van der Waals surface area contributed by atoms with Crippen molar-refractivity contribution in [3.8, 4) is 5.75 Å². The second-order valence-electron chi connectivity index (χ2n) is 3.71. The highest BCUT2D eigenvalue weighted by atomic mass is 79.9. The molecule has 19 heavy (non-hydrogen) atoms. The van der Waals surface area contributed by atoms with Gasteiger partial charge in [-0.15, -0.1) is 0 Å². The Bertz CT molecular complexity index is 472. The normalized spacial score (nSPS) is 11.7. The maximum atomic E-state index is 11.6. The number of carboxylic acids is 1. The predicted molar refractivity (Wildman–Crippen MR) is 72.4 cm³/mol. The molecular weight excluding hydrogens is 316 g/mol. The molecule has 0 fully saturated rings. The fraction of sp³-hybridized carbons (Fsp3) is 0.385. The number of hydrogen-bond donors (Lipinski definition) is 1. The van der Waals surface area contributed by atoms with Gasteiger partial charge in [0.05, 0.1) is 6.61 Å². The standard InChI is InChI=1S/C13H15BrO5/c1-3-10(13(17)18-4-2)19-11-6-5-8(14)7-9(11)12(15)16/h5-7,10H,3-4H2,1-2H3,(H,15,16). The zero-order chi connectivity index (χ0) is 14.4. The fourth-order valence-corrected chi connectivity index (χ4v) is 1.82. The van der Waals surface area contributed by atoms with Crippen LogP contribution in [0.1, 0.15) is 30.6 Å². The van der Waals surface area contributed by atoms with Crippen LogP contribution in [0.15, 0.2) is 22.7 Å². The van der Waals surface area contributed by atoms with E-state index >= 15 is 0 Å². The summed E-state index contributed by atoms with van der Waals surface area (Å²) >= 11 is 3.19. The van der Waals surface area contributed by atoms with Crippen molar-refractivity contribution >= 4 is 27.9 Å². The van der Waals surface area contributed by atoms with E-state index in [9.17, 15) is 9.59 Å². The van der Waals surface area contributed by atoms with Crippen molar-refractivity contribution < 1.29 is 24.2 Å². The summed E-state index contributed by atoms with van der Waals surface area (Å²) in [6.45, 7) is 3.72. The van der Waals surface area contributed by atoms with Crippen LogP contribution in [-0.4, -0.2) is 29.8 Å². The van der Waals surface area contributed by atoms with Crippen LogP contribution in [0, 0.1) is 0 Å². The van der Waals surface area contributed by atoms with Crippen molar-refractivity contribution in [1.82, 2.24) is 0 Å². The van der Waals surface area contributed by atoms with Crippen LogP contribution in [0.5, 0.6) is 5.75 Å². The van der Waals surface area contributed by atoms with Gasteiger partial charge < -0.3 is 14.6 Å². The number of carbonyl (C=O) groups excluding carboxylic acids is 1. The lowest BCUT2D eigenvalue weighted by Gasteiger charge is -2.17. The molecule has 0 aliphatic rings. The number of ether oxygens (including phenoxy) is 2. The molecule has 0 amide bonds. The summed E-state index contributed by atoms with van der Waals surface area (Å²) in [7, 11) is 0. The minimum absolute atomic E-state index is 0.00266. The van der Waals surface area contributed by atoms with Crippen molar-refractivity contribution in [2.24, 2.45) is 0 Å². The zero-order valence-electron chi connectivity index (χ0n) is 10.7. The molecule has 5 nitrogen and oxygen atoms in total. The first-order valence-corrected chi connectivity index (χ1v) is 6.65. The van der Waals surface area contributed by atoms with Gasteiger partial charge >= 0.3 is 11.9 Å². The Kier molecular flexibility index (Phi) is 5.82. The molecule has 1 unspecified atom stereocenters. The first kappa shape index (κ1) is 15.5. The van der Waals surface area contributed by atoms with Gasteiger partial charge in [0.25, 0.3) is 0 Å². The van der Waals surface area contributed by atoms with Crippen molar-refractivity contribution in [1.29, 1.82) is 0 Å². The smallest absolute Gasteiger partial charge is 0.347 e. The summed E-state index contributed by atoms with van der Waals surface area (Å²) in [6.07, 6.45) is -0.409. The lowest BCUT2D eigenvalue weighted by Crippen LogP contribution is -2.29. The first-order valence-electron chi connectivity index (χ1n) is 5.85. The molecule has 6 heteroatoms. The Hall–Kier alpha value is -1.56. The van der Waals surface area contributed by atoms with Gasteiger partial charge in [0.2, 0.25) is 0 Å². The molecule has 0 saturated heterocycles. The van der Waals surface area contributed by atoms with Crippen molar-refractivity contribution in [2.45, 2.75) is 26.4 Å². The molecule has 1 atom stereocenters. The molecule has 104 valence electrons. The highest BCUT2D eigenvalue weighted by Gasteiger charge is 2.22. The molecule has 1 aromatic carbocycles. The molecule has 1 N–H and O–H groups in total. The van der Waals surface area contributed by atoms with Gasteiger partial charge in [-0.25, -0.2) is 9.59 Å². The van der Waals surface area contributed by atoms with Gasteiger partial charge in [0.1, 0.15) is 11.3 Å². The van der Waals surface area contributed by atoms with E-state index in [0.717, 1.165) is 0 Å². The Labute approximate surface area is 119 Å². The second-order valence-corrected chi connectivity index (χ2v) is 4.63. The van der Waals surface area contributed by atoms with E-state index in [1.807, 2.05) is 0 Å². The zero-order valence-corrected chi connectivity index (χ0v) is 12.3. The monoisotopic (exact) mass is 330 g/mol. The summed E-state index contributed by atoms with van der Waals surface area (Å²) in [6, 6.07) is 4.59. The van der Waals surface area contributed by atoms with Crippen LogP contribution in [0.3, 0.4) is 0 Å². The number of aromatic carboxylic acids is 1. The second kappa shape index (κ2) is 7.13. The van der Waals surface area contributed by atoms with Gasteiger partial charge in [-0.1, -0.05) is 22.9 Å². The van der Waals surface area contributed by atoms with Gasteiger partial charge in [-0.3, -0.25) is 0 Å². The van der Waals surface area contributed by atoms with Crippen LogP contribution in [0.25, 0.3) is 0 Å². The molecule has 0 spiro atoms. The minimum Gasteiger partial charge on any atom is -0.478 e. The summed E-state index contributed by atoms with van der Waals surface area (Å²) in [5.74, 6) is -1.46. The molecule has 0 radical (unpaired) electrons. The molecule has 0 aliphatic heterocycles. The average Bonchev–Trinajstić information content (AvgIpc) is 2.37. The third-order valence-corrected chi connectivity index (χ3v) is 2.85. The largest absolute Gasteiger partial charge is 0.478 e. The van der Waals surface area contributed by atoms with E-state index in [4.69, 9.17) is 14.6 Å². The van der Waals surface area contributed by atoms with Gasteiger partial charge in [0, 0.05) is 4.47 Å². The Morgan fingerprint density at radius 3 is 2.58 bits per heavy atom. The third kappa shape index (κ3) is 4.24. The predicted octanol–water partition coefficient (Wildman–Crippen LogP) is 2.87. The maximum absolute atomic E-state index is 11.6. The highest BCUT2D eigenvalue weighted by molar-refractivity contribution is 9.10. The van der Waals surface area contributed by atoms with Gasteiger partial charge in [-0.05, 0) is 31.5 Å². The lowest BCUT2D eigenvalue weighted by molar-refractivity contribution is -0.151. The van der Waals surface area contributed by atoms with Crippen LogP contribution in [0.4, 0.5) is 0 Å². The number of hydrogen-bond acceptors (Lipinski definition) is 4. The van der Waals surface area contributed by atoms with E-state index in [1.54, 1.807) is 19.9 Å². The number of carbonyl (C=O) groups is 2.